The van der Waals surface area contributed by atoms with E-state index < -0.39 is 0 Å². The van der Waals surface area contributed by atoms with Gasteiger partial charge in [0.15, 0.2) is 0 Å². The smallest absolute Gasteiger partial charge is 0.142 e. The van der Waals surface area contributed by atoms with Gasteiger partial charge >= 0.3 is 0 Å². The maximum Gasteiger partial charge on any atom is 0.142 e. The summed E-state index contributed by atoms with van der Waals surface area (Å²) >= 11 is 0. The van der Waals surface area contributed by atoms with Gasteiger partial charge < -0.3 is 4.98 Å². The standard InChI is InChI=1S/C21H20FN3/c22-17-10-16-11-20(25-21(16)24-13-17)19(9-14-5-1-2-6-14)18-8-4-3-7-15(18)12-23/h3-4,7-8,10-11,13-14,19H,1-2,5-6,9H2,(H,24,25). The molecule has 1 aromatic carbocycles. The van der Waals surface area contributed by atoms with E-state index in [0.717, 1.165) is 23.1 Å². The number of nitrogens with zero attached hydrogens (tertiary/aromatic N) is 2. The summed E-state index contributed by atoms with van der Waals surface area (Å²) in [7, 11) is 0. The highest BCUT2D eigenvalue weighted by atomic mass is 19.1. The monoisotopic (exact) mass is 333 g/mol. The van der Waals surface area contributed by atoms with Gasteiger partial charge in [0.05, 0.1) is 17.8 Å². The first-order valence-electron chi connectivity index (χ1n) is 8.88. The van der Waals surface area contributed by atoms with E-state index in [-0.39, 0.29) is 11.7 Å². The minimum atomic E-state index is -0.331. The number of rotatable bonds is 4. The maximum atomic E-state index is 13.5. The molecule has 1 unspecified atom stereocenters. The van der Waals surface area contributed by atoms with Crippen molar-refractivity contribution in [3.8, 4) is 6.07 Å². The number of fused-ring (bicyclic) bond motifs is 1. The van der Waals surface area contributed by atoms with E-state index in [2.05, 4.69) is 16.0 Å². The average molecular weight is 333 g/mol. The zero-order chi connectivity index (χ0) is 17.2. The molecule has 0 saturated heterocycles. The lowest BCUT2D eigenvalue weighted by atomic mass is 9.83. The number of H-pyrrole nitrogens is 1. The predicted octanol–water partition coefficient (Wildman–Crippen LogP) is 5.29. The van der Waals surface area contributed by atoms with Gasteiger partial charge in [-0.3, -0.25) is 0 Å². The van der Waals surface area contributed by atoms with E-state index in [1.165, 1.54) is 37.9 Å². The molecule has 3 aromatic rings. The van der Waals surface area contributed by atoms with Crippen molar-refractivity contribution < 1.29 is 4.39 Å². The van der Waals surface area contributed by atoms with Gasteiger partial charge in [-0.05, 0) is 36.1 Å². The lowest BCUT2D eigenvalue weighted by molar-refractivity contribution is 0.469. The predicted molar refractivity (Wildman–Crippen MR) is 95.6 cm³/mol. The fourth-order valence-corrected chi connectivity index (χ4v) is 4.10. The van der Waals surface area contributed by atoms with Crippen LogP contribution in [-0.4, -0.2) is 9.97 Å². The summed E-state index contributed by atoms with van der Waals surface area (Å²) < 4.78 is 13.5. The lowest BCUT2D eigenvalue weighted by Crippen LogP contribution is -2.09. The van der Waals surface area contributed by atoms with Crippen molar-refractivity contribution >= 4 is 11.0 Å². The molecule has 0 bridgehead atoms. The fraction of sp³-hybridized carbons (Fsp3) is 0.333. The largest absolute Gasteiger partial charge is 0.343 e. The molecule has 1 saturated carbocycles. The Labute approximate surface area is 146 Å². The van der Waals surface area contributed by atoms with Crippen LogP contribution >= 0.6 is 0 Å². The number of nitrogens with one attached hydrogen (secondary N) is 1. The molecule has 4 heteroatoms. The molecule has 0 spiro atoms. The third kappa shape index (κ3) is 3.15. The summed E-state index contributed by atoms with van der Waals surface area (Å²) in [6.07, 6.45) is 7.32. The first kappa shape index (κ1) is 15.8. The van der Waals surface area contributed by atoms with Crippen LogP contribution in [0, 0.1) is 23.1 Å². The molecule has 1 atom stereocenters. The average Bonchev–Trinajstić information content (AvgIpc) is 3.28. The number of benzene rings is 1. The molecule has 1 N–H and O–H groups in total. The number of hydrogen-bond donors (Lipinski definition) is 1. The number of aromatic nitrogens is 2. The first-order chi connectivity index (χ1) is 12.2. The van der Waals surface area contributed by atoms with E-state index in [9.17, 15) is 9.65 Å². The van der Waals surface area contributed by atoms with Gasteiger partial charge in [-0.15, -0.1) is 0 Å². The van der Waals surface area contributed by atoms with Crippen molar-refractivity contribution in [2.75, 3.05) is 0 Å². The second kappa shape index (κ2) is 6.68. The van der Waals surface area contributed by atoms with Crippen LogP contribution in [0.5, 0.6) is 0 Å². The van der Waals surface area contributed by atoms with Crippen LogP contribution in [0.1, 0.15) is 54.8 Å². The summed E-state index contributed by atoms with van der Waals surface area (Å²) in [4.78, 5) is 7.52. The number of aromatic amines is 1. The Morgan fingerprint density at radius 3 is 2.84 bits per heavy atom. The number of hydrogen-bond acceptors (Lipinski definition) is 2. The molecule has 1 aliphatic carbocycles. The summed E-state index contributed by atoms with van der Waals surface area (Å²) in [5.41, 5.74) is 3.47. The third-order valence-electron chi connectivity index (χ3n) is 5.33. The number of pyridine rings is 1. The lowest BCUT2D eigenvalue weighted by Gasteiger charge is -2.21. The van der Waals surface area contributed by atoms with Gasteiger partial charge in [0.1, 0.15) is 11.5 Å². The Bertz CT molecular complexity index is 932. The highest BCUT2D eigenvalue weighted by Gasteiger charge is 2.25. The van der Waals surface area contributed by atoms with E-state index in [1.54, 1.807) is 0 Å². The summed E-state index contributed by atoms with van der Waals surface area (Å²) in [5, 5.41) is 10.3. The Kier molecular flexibility index (Phi) is 4.23. The molecule has 0 radical (unpaired) electrons. The maximum absolute atomic E-state index is 13.5. The van der Waals surface area contributed by atoms with Crippen molar-refractivity contribution in [3.05, 3.63) is 65.2 Å². The third-order valence-corrected chi connectivity index (χ3v) is 5.33. The van der Waals surface area contributed by atoms with Crippen molar-refractivity contribution in [2.24, 2.45) is 5.92 Å². The van der Waals surface area contributed by atoms with Crippen molar-refractivity contribution in [2.45, 2.75) is 38.0 Å². The van der Waals surface area contributed by atoms with Gasteiger partial charge in [-0.1, -0.05) is 43.9 Å². The highest BCUT2D eigenvalue weighted by Crippen LogP contribution is 2.39. The normalized spacial score (nSPS) is 16.2. The highest BCUT2D eigenvalue weighted by molar-refractivity contribution is 5.76. The molecule has 126 valence electrons. The second-order valence-corrected chi connectivity index (χ2v) is 6.95. The van der Waals surface area contributed by atoms with Crippen LogP contribution in [0.4, 0.5) is 4.39 Å². The topological polar surface area (TPSA) is 52.5 Å². The van der Waals surface area contributed by atoms with E-state index >= 15 is 0 Å². The second-order valence-electron chi connectivity index (χ2n) is 6.95. The quantitative estimate of drug-likeness (QED) is 0.705. The van der Waals surface area contributed by atoms with Crippen molar-refractivity contribution in [1.29, 1.82) is 5.26 Å². The Balaban J connectivity index is 1.79. The molecule has 0 aliphatic heterocycles. The van der Waals surface area contributed by atoms with Gasteiger partial charge in [0, 0.05) is 17.0 Å². The van der Waals surface area contributed by atoms with Crippen molar-refractivity contribution in [3.63, 3.8) is 0 Å². The molecule has 25 heavy (non-hydrogen) atoms. The van der Waals surface area contributed by atoms with Crippen LogP contribution in [-0.2, 0) is 0 Å². The van der Waals surface area contributed by atoms with Crippen LogP contribution in [0.3, 0.4) is 0 Å². The van der Waals surface area contributed by atoms with Crippen LogP contribution in [0.2, 0.25) is 0 Å². The molecule has 4 rings (SSSR count). The zero-order valence-corrected chi connectivity index (χ0v) is 14.0. The zero-order valence-electron chi connectivity index (χ0n) is 14.0. The molecule has 0 amide bonds. The Morgan fingerprint density at radius 2 is 2.04 bits per heavy atom. The SMILES string of the molecule is N#Cc1ccccc1C(CC1CCCC1)c1cc2cc(F)cnc2[nH]1. The summed E-state index contributed by atoms with van der Waals surface area (Å²) in [6, 6.07) is 13.6. The summed E-state index contributed by atoms with van der Waals surface area (Å²) in [6.45, 7) is 0. The number of halogens is 1. The van der Waals surface area contributed by atoms with E-state index in [1.807, 2.05) is 30.3 Å². The van der Waals surface area contributed by atoms with E-state index in [0.29, 0.717) is 17.1 Å². The molecule has 1 fully saturated rings. The summed E-state index contributed by atoms with van der Waals surface area (Å²) in [5.74, 6) is 0.451. The van der Waals surface area contributed by atoms with Crippen molar-refractivity contribution in [1.82, 2.24) is 9.97 Å². The van der Waals surface area contributed by atoms with Gasteiger partial charge in [0.2, 0.25) is 0 Å². The molecule has 2 heterocycles. The molecular formula is C21H20FN3. The Morgan fingerprint density at radius 1 is 1.24 bits per heavy atom. The minimum Gasteiger partial charge on any atom is -0.343 e. The molecular weight excluding hydrogens is 313 g/mol. The molecule has 1 aliphatic rings. The van der Waals surface area contributed by atoms with Gasteiger partial charge in [-0.25, -0.2) is 9.37 Å². The number of nitriles is 1. The van der Waals surface area contributed by atoms with Crippen LogP contribution in [0.15, 0.2) is 42.6 Å². The van der Waals surface area contributed by atoms with E-state index in [4.69, 9.17) is 0 Å². The molecule has 2 aromatic heterocycles. The fourth-order valence-electron chi connectivity index (χ4n) is 4.10. The first-order valence-corrected chi connectivity index (χ1v) is 8.88. The van der Waals surface area contributed by atoms with Gasteiger partial charge in [0.25, 0.3) is 0 Å². The van der Waals surface area contributed by atoms with Gasteiger partial charge in [-0.2, -0.15) is 5.26 Å². The van der Waals surface area contributed by atoms with Crippen LogP contribution < -0.4 is 0 Å². The van der Waals surface area contributed by atoms with Crippen LogP contribution in [0.25, 0.3) is 11.0 Å². The Hall–Kier alpha value is -2.67. The molecule has 3 nitrogen and oxygen atoms in total. The minimum absolute atomic E-state index is 0.108.